The Morgan fingerprint density at radius 1 is 1.43 bits per heavy atom. The van der Waals surface area contributed by atoms with E-state index in [4.69, 9.17) is 15.2 Å². The minimum Gasteiger partial charge on any atom is -0.386 e. The van der Waals surface area contributed by atoms with Crippen LogP contribution in [0.5, 0.6) is 0 Å². The first-order valence-electron chi connectivity index (χ1n) is 5.22. The average molecular weight is 203 g/mol. The van der Waals surface area contributed by atoms with Crippen molar-refractivity contribution in [3.8, 4) is 0 Å². The predicted molar refractivity (Wildman–Crippen MR) is 54.0 cm³/mol. The molecule has 0 bridgehead atoms. The Balaban J connectivity index is 2.08. The van der Waals surface area contributed by atoms with Crippen molar-refractivity contribution in [1.29, 1.82) is 0 Å². The monoisotopic (exact) mass is 203 g/mol. The summed E-state index contributed by atoms with van der Waals surface area (Å²) in [5.41, 5.74) is 4.75. The molecule has 0 spiro atoms. The summed E-state index contributed by atoms with van der Waals surface area (Å²) in [6, 6.07) is 0. The van der Waals surface area contributed by atoms with Crippen molar-refractivity contribution < 1.29 is 14.6 Å². The zero-order chi connectivity index (χ0) is 10.4. The fourth-order valence-corrected chi connectivity index (χ4v) is 1.52. The fraction of sp³-hybridized carbons (Fsp3) is 1.00. The molecule has 1 atom stereocenters. The van der Waals surface area contributed by atoms with Crippen LogP contribution in [0.25, 0.3) is 0 Å². The van der Waals surface area contributed by atoms with E-state index < -0.39 is 5.60 Å². The van der Waals surface area contributed by atoms with Crippen LogP contribution in [0.1, 0.15) is 19.3 Å². The van der Waals surface area contributed by atoms with Gasteiger partial charge in [-0.1, -0.05) is 0 Å². The van der Waals surface area contributed by atoms with Gasteiger partial charge in [0.15, 0.2) is 0 Å². The van der Waals surface area contributed by atoms with E-state index in [0.29, 0.717) is 32.3 Å². The third kappa shape index (κ3) is 3.53. The second kappa shape index (κ2) is 5.66. The van der Waals surface area contributed by atoms with Gasteiger partial charge in [-0.15, -0.1) is 0 Å². The normalized spacial score (nSPS) is 20.8. The molecule has 0 radical (unpaired) electrons. The maximum Gasteiger partial charge on any atom is 0.103 e. The number of aliphatic hydroxyl groups is 1. The number of nitrogens with two attached hydrogens (primary N) is 1. The zero-order valence-corrected chi connectivity index (χ0v) is 8.87. The highest BCUT2D eigenvalue weighted by molar-refractivity contribution is 4.95. The Labute approximate surface area is 85.4 Å². The van der Waals surface area contributed by atoms with E-state index in [1.165, 1.54) is 0 Å². The molecule has 0 aromatic carbocycles. The summed E-state index contributed by atoms with van der Waals surface area (Å²) >= 11 is 0. The lowest BCUT2D eigenvalue weighted by Gasteiger charge is -2.26. The van der Waals surface area contributed by atoms with Crippen LogP contribution in [0.15, 0.2) is 0 Å². The van der Waals surface area contributed by atoms with E-state index in [9.17, 15) is 5.11 Å². The predicted octanol–water partition coefficient (Wildman–Crippen LogP) is 0.139. The molecule has 1 rings (SSSR count). The standard InChI is InChI=1S/C10H21NO3/c1-13-5-2-6-14-8-10(12,7-11)9-3-4-9/h9,12H,2-8,11H2,1H3. The molecule has 0 aromatic rings. The highest BCUT2D eigenvalue weighted by Crippen LogP contribution is 2.39. The molecule has 0 heterocycles. The van der Waals surface area contributed by atoms with E-state index in [0.717, 1.165) is 19.3 Å². The number of rotatable bonds is 8. The van der Waals surface area contributed by atoms with Crippen LogP contribution in [-0.4, -0.2) is 44.2 Å². The second-order valence-electron chi connectivity index (χ2n) is 3.98. The molecule has 4 nitrogen and oxygen atoms in total. The molecule has 4 heteroatoms. The van der Waals surface area contributed by atoms with Crippen molar-refractivity contribution in [2.24, 2.45) is 11.7 Å². The summed E-state index contributed by atoms with van der Waals surface area (Å²) < 4.78 is 10.3. The van der Waals surface area contributed by atoms with Gasteiger partial charge < -0.3 is 20.3 Å². The first-order chi connectivity index (χ1) is 6.73. The zero-order valence-electron chi connectivity index (χ0n) is 8.87. The van der Waals surface area contributed by atoms with Crippen LogP contribution in [0, 0.1) is 5.92 Å². The Morgan fingerprint density at radius 3 is 2.64 bits per heavy atom. The smallest absolute Gasteiger partial charge is 0.103 e. The SMILES string of the molecule is COCCCOCC(O)(CN)C1CC1. The van der Waals surface area contributed by atoms with E-state index in [1.54, 1.807) is 7.11 Å². The first kappa shape index (κ1) is 11.9. The van der Waals surface area contributed by atoms with Crippen LogP contribution >= 0.6 is 0 Å². The van der Waals surface area contributed by atoms with Gasteiger partial charge in [-0.3, -0.25) is 0 Å². The van der Waals surface area contributed by atoms with Crippen molar-refractivity contribution in [3.63, 3.8) is 0 Å². The number of hydrogen-bond donors (Lipinski definition) is 2. The van der Waals surface area contributed by atoms with E-state index in [2.05, 4.69) is 0 Å². The molecule has 0 aromatic heterocycles. The summed E-state index contributed by atoms with van der Waals surface area (Å²) in [6.45, 7) is 1.98. The van der Waals surface area contributed by atoms with Crippen LogP contribution in [0.3, 0.4) is 0 Å². The molecule has 1 fully saturated rings. The summed E-state index contributed by atoms with van der Waals surface area (Å²) in [4.78, 5) is 0. The molecular formula is C10H21NO3. The minimum atomic E-state index is -0.785. The van der Waals surface area contributed by atoms with Gasteiger partial charge in [0, 0.05) is 26.9 Å². The molecule has 1 aliphatic rings. The molecule has 1 saturated carbocycles. The van der Waals surface area contributed by atoms with Crippen molar-refractivity contribution in [2.75, 3.05) is 33.5 Å². The maximum atomic E-state index is 10.0. The Hall–Kier alpha value is -0.160. The lowest BCUT2D eigenvalue weighted by Crippen LogP contribution is -2.44. The van der Waals surface area contributed by atoms with Gasteiger partial charge in [-0.05, 0) is 25.2 Å². The molecular weight excluding hydrogens is 182 g/mol. The minimum absolute atomic E-state index is 0.294. The summed E-state index contributed by atoms with van der Waals surface area (Å²) in [6.07, 6.45) is 3.02. The van der Waals surface area contributed by atoms with Gasteiger partial charge in [0.25, 0.3) is 0 Å². The van der Waals surface area contributed by atoms with E-state index >= 15 is 0 Å². The Bertz CT molecular complexity index is 161. The summed E-state index contributed by atoms with van der Waals surface area (Å²) in [5, 5.41) is 10.0. The van der Waals surface area contributed by atoms with Crippen molar-refractivity contribution >= 4 is 0 Å². The molecule has 84 valence electrons. The van der Waals surface area contributed by atoms with Gasteiger partial charge in [-0.2, -0.15) is 0 Å². The highest BCUT2D eigenvalue weighted by Gasteiger charge is 2.42. The summed E-state index contributed by atoms with van der Waals surface area (Å²) in [7, 11) is 1.67. The lowest BCUT2D eigenvalue weighted by molar-refractivity contribution is -0.0572. The maximum absolute atomic E-state index is 10.0. The molecule has 14 heavy (non-hydrogen) atoms. The van der Waals surface area contributed by atoms with Crippen molar-refractivity contribution in [1.82, 2.24) is 0 Å². The molecule has 0 amide bonds. The topological polar surface area (TPSA) is 64.7 Å². The Morgan fingerprint density at radius 2 is 2.14 bits per heavy atom. The second-order valence-corrected chi connectivity index (χ2v) is 3.98. The van der Waals surface area contributed by atoms with Crippen LogP contribution in [0.2, 0.25) is 0 Å². The third-order valence-corrected chi connectivity index (χ3v) is 2.68. The molecule has 1 aliphatic carbocycles. The van der Waals surface area contributed by atoms with Crippen molar-refractivity contribution in [2.45, 2.75) is 24.9 Å². The van der Waals surface area contributed by atoms with Crippen molar-refractivity contribution in [3.05, 3.63) is 0 Å². The quantitative estimate of drug-likeness (QED) is 0.551. The lowest BCUT2D eigenvalue weighted by atomic mass is 9.99. The fourth-order valence-electron chi connectivity index (χ4n) is 1.52. The number of ether oxygens (including phenoxy) is 2. The van der Waals surface area contributed by atoms with Crippen LogP contribution in [0.4, 0.5) is 0 Å². The number of hydrogen-bond acceptors (Lipinski definition) is 4. The largest absolute Gasteiger partial charge is 0.386 e. The van der Waals surface area contributed by atoms with Gasteiger partial charge in [0.05, 0.1) is 6.61 Å². The van der Waals surface area contributed by atoms with E-state index in [-0.39, 0.29) is 0 Å². The van der Waals surface area contributed by atoms with E-state index in [1.807, 2.05) is 0 Å². The molecule has 1 unspecified atom stereocenters. The molecule has 3 N–H and O–H groups in total. The van der Waals surface area contributed by atoms with Crippen LogP contribution in [-0.2, 0) is 9.47 Å². The first-order valence-corrected chi connectivity index (χ1v) is 5.22. The van der Waals surface area contributed by atoms with Gasteiger partial charge in [-0.25, -0.2) is 0 Å². The summed E-state index contributed by atoms with van der Waals surface area (Å²) in [5.74, 6) is 0.356. The average Bonchev–Trinajstić information content (AvgIpc) is 3.01. The Kier molecular flexibility index (Phi) is 4.81. The van der Waals surface area contributed by atoms with Gasteiger partial charge in [0.2, 0.25) is 0 Å². The third-order valence-electron chi connectivity index (χ3n) is 2.68. The highest BCUT2D eigenvalue weighted by atomic mass is 16.5. The van der Waals surface area contributed by atoms with Gasteiger partial charge >= 0.3 is 0 Å². The molecule has 0 aliphatic heterocycles. The van der Waals surface area contributed by atoms with Crippen LogP contribution < -0.4 is 5.73 Å². The molecule has 0 saturated heterocycles. The number of methoxy groups -OCH3 is 1. The van der Waals surface area contributed by atoms with Gasteiger partial charge in [0.1, 0.15) is 5.60 Å².